The first kappa shape index (κ1) is 13.3. The van der Waals surface area contributed by atoms with Crippen LogP contribution in [0.4, 0.5) is 0 Å². The molecule has 0 aliphatic heterocycles. The topological polar surface area (TPSA) is 149 Å². The van der Waals surface area contributed by atoms with Gasteiger partial charge < -0.3 is 16.0 Å². The number of hydroxylamine groups is 1. The molecule has 15 heavy (non-hydrogen) atoms. The largest absolute Gasteiger partial charge is 0.480 e. The van der Waals surface area contributed by atoms with Crippen LogP contribution >= 0.6 is 0 Å². The minimum absolute atomic E-state index is 0.131. The second kappa shape index (κ2) is 7.64. The van der Waals surface area contributed by atoms with Crippen LogP contribution in [0.5, 0.6) is 0 Å². The maximum Gasteiger partial charge on any atom is 0.323 e. The van der Waals surface area contributed by atoms with Crippen LogP contribution in [0.2, 0.25) is 0 Å². The molecule has 0 heterocycles. The van der Waals surface area contributed by atoms with Gasteiger partial charge in [0.15, 0.2) is 0 Å². The van der Waals surface area contributed by atoms with Crippen LogP contribution < -0.4 is 16.6 Å². The van der Waals surface area contributed by atoms with E-state index >= 15 is 0 Å². The third kappa shape index (κ3) is 6.35. The van der Waals surface area contributed by atoms with Gasteiger partial charge in [-0.2, -0.15) is 5.48 Å². The zero-order valence-electron chi connectivity index (χ0n) is 7.88. The molecule has 0 fully saturated rings. The molecule has 0 unspecified atom stereocenters. The number of carbonyl (C=O) groups is 1. The summed E-state index contributed by atoms with van der Waals surface area (Å²) in [4.78, 5) is 23.7. The number of carboxylic acids is 1. The molecule has 86 valence electrons. The van der Waals surface area contributed by atoms with Crippen molar-refractivity contribution in [3.63, 3.8) is 0 Å². The molecule has 0 rings (SSSR count). The van der Waals surface area contributed by atoms with Gasteiger partial charge in [-0.25, -0.2) is 5.43 Å². The first-order valence-electron chi connectivity index (χ1n) is 4.12. The van der Waals surface area contributed by atoms with Crippen molar-refractivity contribution in [1.29, 1.82) is 0 Å². The Bertz CT molecular complexity index is 244. The fraction of sp³-hybridized carbons (Fsp3) is 0.667. The maximum atomic E-state index is 10.4. The summed E-state index contributed by atoms with van der Waals surface area (Å²) >= 11 is 0. The smallest absolute Gasteiger partial charge is 0.323 e. The SMILES string of the molecule is NC(=NCCC[C@H](NO)C(=O)O)NN=O. The third-order valence-corrected chi connectivity index (χ3v) is 1.55. The molecule has 0 radical (unpaired) electrons. The number of aliphatic imine (C=N–C) groups is 1. The van der Waals surface area contributed by atoms with Crippen molar-refractivity contribution in [3.05, 3.63) is 4.91 Å². The fourth-order valence-electron chi connectivity index (χ4n) is 0.820. The quantitative estimate of drug-likeness (QED) is 0.118. The standard InChI is InChI=1S/C6H13N5O4/c7-6(9-11-15)8-3-1-2-4(10-14)5(12)13/h4,10,14H,1-3H2,(H,12,13)(H3,7,8,9,15)/t4-/m0/s1. The predicted molar refractivity (Wildman–Crippen MR) is 51.0 cm³/mol. The molecular weight excluding hydrogens is 206 g/mol. The molecule has 6 N–H and O–H groups in total. The van der Waals surface area contributed by atoms with Crippen molar-refractivity contribution in [2.24, 2.45) is 16.0 Å². The molecular formula is C6H13N5O4. The highest BCUT2D eigenvalue weighted by atomic mass is 16.5. The van der Waals surface area contributed by atoms with Gasteiger partial charge in [-0.3, -0.25) is 9.79 Å². The van der Waals surface area contributed by atoms with E-state index in [2.05, 4.69) is 10.3 Å². The number of aliphatic carboxylic acids is 1. The lowest BCUT2D eigenvalue weighted by Crippen LogP contribution is -2.34. The normalized spacial score (nSPS) is 13.3. The Morgan fingerprint density at radius 2 is 2.20 bits per heavy atom. The average Bonchev–Trinajstić information content (AvgIpc) is 2.17. The summed E-state index contributed by atoms with van der Waals surface area (Å²) < 4.78 is 0. The molecule has 1 atom stereocenters. The van der Waals surface area contributed by atoms with Gasteiger partial charge in [-0.1, -0.05) is 0 Å². The molecule has 0 bridgehead atoms. The van der Waals surface area contributed by atoms with E-state index in [0.717, 1.165) is 0 Å². The molecule has 0 amide bonds. The molecule has 0 aromatic rings. The number of nitroso groups, excluding NO2 is 1. The second-order valence-electron chi connectivity index (χ2n) is 2.63. The molecule has 0 spiro atoms. The van der Waals surface area contributed by atoms with Crippen LogP contribution in [0.15, 0.2) is 10.3 Å². The number of hydrogen-bond acceptors (Lipinski definition) is 6. The first-order chi connectivity index (χ1) is 7.11. The van der Waals surface area contributed by atoms with Gasteiger partial charge >= 0.3 is 5.97 Å². The van der Waals surface area contributed by atoms with Crippen molar-refractivity contribution in [2.75, 3.05) is 6.54 Å². The van der Waals surface area contributed by atoms with Gasteiger partial charge in [0.25, 0.3) is 0 Å². The van der Waals surface area contributed by atoms with E-state index < -0.39 is 12.0 Å². The van der Waals surface area contributed by atoms with Crippen LogP contribution in [0.1, 0.15) is 12.8 Å². The van der Waals surface area contributed by atoms with E-state index in [1.165, 1.54) is 0 Å². The zero-order chi connectivity index (χ0) is 11.7. The Labute approximate surface area is 85.3 Å². The van der Waals surface area contributed by atoms with Crippen LogP contribution in [0, 0.1) is 4.91 Å². The number of hydrogen-bond donors (Lipinski definition) is 5. The molecule has 0 aliphatic carbocycles. The van der Waals surface area contributed by atoms with E-state index in [9.17, 15) is 9.70 Å². The van der Waals surface area contributed by atoms with Crippen molar-refractivity contribution < 1.29 is 15.1 Å². The lowest BCUT2D eigenvalue weighted by Gasteiger charge is -2.07. The summed E-state index contributed by atoms with van der Waals surface area (Å²) in [7, 11) is 0. The zero-order valence-corrected chi connectivity index (χ0v) is 7.88. The maximum absolute atomic E-state index is 10.4. The first-order valence-corrected chi connectivity index (χ1v) is 4.12. The van der Waals surface area contributed by atoms with E-state index in [4.69, 9.17) is 16.0 Å². The van der Waals surface area contributed by atoms with Gasteiger partial charge in [0.2, 0.25) is 5.96 Å². The third-order valence-electron chi connectivity index (χ3n) is 1.55. The Morgan fingerprint density at radius 1 is 1.53 bits per heavy atom. The number of rotatable bonds is 7. The van der Waals surface area contributed by atoms with Gasteiger partial charge in [0.05, 0.1) is 5.29 Å². The van der Waals surface area contributed by atoms with Crippen LogP contribution in [0.25, 0.3) is 0 Å². The highest BCUT2D eigenvalue weighted by Gasteiger charge is 2.14. The summed E-state index contributed by atoms with van der Waals surface area (Å²) in [5.41, 5.74) is 8.69. The van der Waals surface area contributed by atoms with Crippen LogP contribution in [-0.2, 0) is 4.79 Å². The molecule has 0 aromatic carbocycles. The Hall–Kier alpha value is -1.74. The Morgan fingerprint density at radius 3 is 2.67 bits per heavy atom. The van der Waals surface area contributed by atoms with Crippen molar-refractivity contribution >= 4 is 11.9 Å². The highest BCUT2D eigenvalue weighted by molar-refractivity contribution is 5.77. The van der Waals surface area contributed by atoms with E-state index in [1.54, 1.807) is 5.48 Å². The van der Waals surface area contributed by atoms with Crippen LogP contribution in [-0.4, -0.2) is 34.8 Å². The number of nitrogens with one attached hydrogen (secondary N) is 2. The number of nitrogens with two attached hydrogens (primary N) is 1. The summed E-state index contributed by atoms with van der Waals surface area (Å²) in [6, 6.07) is -1.03. The van der Waals surface area contributed by atoms with Gasteiger partial charge in [-0.05, 0) is 12.8 Å². The fourth-order valence-corrected chi connectivity index (χ4v) is 0.820. The molecule has 0 aliphatic rings. The summed E-state index contributed by atoms with van der Waals surface area (Å²) in [6.45, 7) is 0.236. The minimum Gasteiger partial charge on any atom is -0.480 e. The molecule has 0 saturated heterocycles. The summed E-state index contributed by atoms with van der Waals surface area (Å²) in [6.07, 6.45) is 0.586. The Kier molecular flexibility index (Phi) is 6.76. The monoisotopic (exact) mass is 219 g/mol. The highest BCUT2D eigenvalue weighted by Crippen LogP contribution is 1.97. The van der Waals surface area contributed by atoms with Gasteiger partial charge in [0.1, 0.15) is 6.04 Å². The van der Waals surface area contributed by atoms with Crippen molar-refractivity contribution in [1.82, 2.24) is 10.9 Å². The van der Waals surface area contributed by atoms with E-state index in [1.807, 2.05) is 5.43 Å². The number of nitrogens with zero attached hydrogens (tertiary/aromatic N) is 2. The lowest BCUT2D eigenvalue weighted by atomic mass is 10.2. The number of carboxylic acid groups (broad SMARTS) is 1. The van der Waals surface area contributed by atoms with E-state index in [0.29, 0.717) is 6.42 Å². The van der Waals surface area contributed by atoms with Gasteiger partial charge in [0, 0.05) is 6.54 Å². The minimum atomic E-state index is -1.15. The second-order valence-corrected chi connectivity index (χ2v) is 2.63. The summed E-state index contributed by atoms with van der Waals surface area (Å²) in [5.74, 6) is -1.28. The molecule has 0 aromatic heterocycles. The molecule has 9 heteroatoms. The van der Waals surface area contributed by atoms with Crippen LogP contribution in [0.3, 0.4) is 0 Å². The number of guanidine groups is 1. The lowest BCUT2D eigenvalue weighted by molar-refractivity contribution is -0.142. The summed E-state index contributed by atoms with van der Waals surface area (Å²) in [5, 5.41) is 19.2. The molecule has 9 nitrogen and oxygen atoms in total. The molecule has 0 saturated carbocycles. The predicted octanol–water partition coefficient (Wildman–Crippen LogP) is -1.22. The van der Waals surface area contributed by atoms with E-state index in [-0.39, 0.29) is 18.9 Å². The average molecular weight is 219 g/mol. The van der Waals surface area contributed by atoms with Gasteiger partial charge in [-0.15, -0.1) is 4.91 Å². The van der Waals surface area contributed by atoms with Crippen molar-refractivity contribution in [2.45, 2.75) is 18.9 Å². The Balaban J connectivity index is 3.73. The van der Waals surface area contributed by atoms with Crippen molar-refractivity contribution in [3.8, 4) is 0 Å².